The lowest BCUT2D eigenvalue weighted by atomic mass is 9.92. The molecular formula is C30H38N4O3. The van der Waals surface area contributed by atoms with Crippen LogP contribution in [0.25, 0.3) is 21.5 Å². The summed E-state index contributed by atoms with van der Waals surface area (Å²) in [5, 5.41) is 10.8. The molecule has 0 bridgehead atoms. The average molecular weight is 503 g/mol. The molecule has 0 saturated carbocycles. The van der Waals surface area contributed by atoms with E-state index in [2.05, 4.69) is 45.7 Å². The highest BCUT2D eigenvalue weighted by Gasteiger charge is 2.22. The fraction of sp³-hybridized carbons (Fsp3) is 0.467. The molecule has 3 aromatic carbocycles. The summed E-state index contributed by atoms with van der Waals surface area (Å²) in [6.07, 6.45) is 5.02. The highest BCUT2D eigenvalue weighted by molar-refractivity contribution is 6.41. The Morgan fingerprint density at radius 1 is 1.03 bits per heavy atom. The van der Waals surface area contributed by atoms with Gasteiger partial charge in [-0.1, -0.05) is 24.3 Å². The van der Waals surface area contributed by atoms with Crippen molar-refractivity contribution in [3.05, 3.63) is 48.0 Å². The summed E-state index contributed by atoms with van der Waals surface area (Å²) in [6, 6.07) is 14.8. The van der Waals surface area contributed by atoms with Crippen molar-refractivity contribution in [2.45, 2.75) is 31.7 Å². The number of nitrogens with one attached hydrogen (secondary N) is 2. The first-order valence-electron chi connectivity index (χ1n) is 13.6. The molecule has 0 radical (unpaired) electrons. The highest BCUT2D eigenvalue weighted by Crippen LogP contribution is 2.38. The number of ether oxygens (including phenoxy) is 1. The molecular weight excluding hydrogens is 464 g/mol. The van der Waals surface area contributed by atoms with E-state index in [1.54, 1.807) is 0 Å². The summed E-state index contributed by atoms with van der Waals surface area (Å²) in [4.78, 5) is 29.7. The minimum absolute atomic E-state index is 0.444. The first-order valence-corrected chi connectivity index (χ1v) is 13.6. The number of hydrogen-bond donors (Lipinski definition) is 2. The SMILES string of the molecule is CN1CCCC1CCNc1ccc(NCCCN2CCOCC2)c2c(C(=O)C=O)c3ccccc3cc12. The molecule has 2 saturated heterocycles. The van der Waals surface area contributed by atoms with Crippen molar-refractivity contribution in [2.24, 2.45) is 0 Å². The Labute approximate surface area is 219 Å². The number of hydrogen-bond acceptors (Lipinski definition) is 7. The number of likely N-dealkylation sites (tertiary alicyclic amines) is 1. The third-order valence-corrected chi connectivity index (χ3v) is 7.91. The maximum absolute atomic E-state index is 13.0. The van der Waals surface area contributed by atoms with E-state index < -0.39 is 5.78 Å². The van der Waals surface area contributed by atoms with E-state index in [1.807, 2.05) is 24.3 Å². The van der Waals surface area contributed by atoms with Crippen molar-refractivity contribution in [1.82, 2.24) is 9.80 Å². The zero-order chi connectivity index (χ0) is 25.6. The number of benzene rings is 3. The Bertz CT molecular complexity index is 1250. The molecule has 1 unspecified atom stereocenters. The summed E-state index contributed by atoms with van der Waals surface area (Å²) in [6.45, 7) is 7.37. The maximum atomic E-state index is 13.0. The number of Topliss-reactive ketones (excluding diaryl/α,β-unsaturated/α-hetero) is 1. The van der Waals surface area contributed by atoms with E-state index >= 15 is 0 Å². The minimum Gasteiger partial charge on any atom is -0.384 e. The van der Waals surface area contributed by atoms with Crippen LogP contribution < -0.4 is 10.6 Å². The summed E-state index contributed by atoms with van der Waals surface area (Å²) in [7, 11) is 2.20. The largest absolute Gasteiger partial charge is 0.384 e. The van der Waals surface area contributed by atoms with Gasteiger partial charge in [0.2, 0.25) is 5.78 Å². The molecule has 0 aromatic heterocycles. The molecule has 1 atom stereocenters. The van der Waals surface area contributed by atoms with Gasteiger partial charge in [-0.2, -0.15) is 0 Å². The standard InChI is InChI=1S/C30H38N4O3/c1-33-14-4-7-23(33)11-13-32-26-9-10-27(31-12-5-15-34-16-18-37-19-17-34)29-25(26)20-22-6-2-3-8-24(22)30(29)28(36)21-35/h2-3,6,8-10,20-21,23,31-32H,4-5,7,11-19H2,1H3. The Morgan fingerprint density at radius 2 is 1.81 bits per heavy atom. The third kappa shape index (κ3) is 5.79. The van der Waals surface area contributed by atoms with Crippen molar-refractivity contribution in [1.29, 1.82) is 0 Å². The molecule has 7 nitrogen and oxygen atoms in total. The van der Waals surface area contributed by atoms with Gasteiger partial charge < -0.3 is 20.3 Å². The molecule has 2 aliphatic heterocycles. The van der Waals surface area contributed by atoms with Gasteiger partial charge in [-0.15, -0.1) is 0 Å². The molecule has 5 rings (SSSR count). The van der Waals surface area contributed by atoms with Crippen LogP contribution in [0.3, 0.4) is 0 Å². The molecule has 2 aliphatic rings. The second kappa shape index (κ2) is 12.0. The Hall–Kier alpha value is -3.00. The zero-order valence-corrected chi connectivity index (χ0v) is 21.8. The normalized spacial score (nSPS) is 18.9. The van der Waals surface area contributed by atoms with Gasteiger partial charge in [-0.25, -0.2) is 0 Å². The van der Waals surface area contributed by atoms with Gasteiger partial charge >= 0.3 is 0 Å². The Kier molecular flexibility index (Phi) is 8.34. The van der Waals surface area contributed by atoms with E-state index in [-0.39, 0.29) is 0 Å². The summed E-state index contributed by atoms with van der Waals surface area (Å²) >= 11 is 0. The fourth-order valence-corrected chi connectivity index (χ4v) is 5.86. The first-order chi connectivity index (χ1) is 18.2. The van der Waals surface area contributed by atoms with Gasteiger partial charge in [0.15, 0.2) is 6.29 Å². The van der Waals surface area contributed by atoms with Crippen molar-refractivity contribution >= 4 is 45.0 Å². The number of rotatable bonds is 11. The Balaban J connectivity index is 1.45. The van der Waals surface area contributed by atoms with E-state index in [0.717, 1.165) is 91.7 Å². The number of ketones is 1. The predicted octanol–water partition coefficient (Wildman–Crippen LogP) is 4.41. The molecule has 0 amide bonds. The van der Waals surface area contributed by atoms with Crippen LogP contribution in [0.4, 0.5) is 11.4 Å². The lowest BCUT2D eigenvalue weighted by Crippen LogP contribution is -2.37. The second-order valence-electron chi connectivity index (χ2n) is 10.3. The molecule has 2 heterocycles. The van der Waals surface area contributed by atoms with Crippen LogP contribution >= 0.6 is 0 Å². The number of aldehydes is 1. The van der Waals surface area contributed by atoms with Crippen LogP contribution in [0.1, 0.15) is 36.0 Å². The van der Waals surface area contributed by atoms with Gasteiger partial charge in [-0.3, -0.25) is 14.5 Å². The van der Waals surface area contributed by atoms with Gasteiger partial charge in [0, 0.05) is 59.9 Å². The molecule has 7 heteroatoms. The van der Waals surface area contributed by atoms with Crippen molar-refractivity contribution in [3.8, 4) is 0 Å². The molecule has 2 fully saturated rings. The average Bonchev–Trinajstić information content (AvgIpc) is 3.35. The number of anilines is 2. The van der Waals surface area contributed by atoms with E-state index in [1.165, 1.54) is 19.4 Å². The number of morpholine rings is 1. The number of fused-ring (bicyclic) bond motifs is 2. The number of carbonyl (C=O) groups is 2. The highest BCUT2D eigenvalue weighted by atomic mass is 16.5. The number of carbonyl (C=O) groups excluding carboxylic acids is 2. The zero-order valence-electron chi connectivity index (χ0n) is 21.8. The molecule has 37 heavy (non-hydrogen) atoms. The molecule has 2 N–H and O–H groups in total. The summed E-state index contributed by atoms with van der Waals surface area (Å²) < 4.78 is 5.45. The van der Waals surface area contributed by atoms with Crippen LogP contribution in [0.5, 0.6) is 0 Å². The van der Waals surface area contributed by atoms with E-state index in [4.69, 9.17) is 4.74 Å². The van der Waals surface area contributed by atoms with Crippen LogP contribution in [-0.2, 0) is 9.53 Å². The predicted molar refractivity (Wildman–Crippen MR) is 151 cm³/mol. The Morgan fingerprint density at radius 3 is 2.59 bits per heavy atom. The smallest absolute Gasteiger partial charge is 0.226 e. The summed E-state index contributed by atoms with van der Waals surface area (Å²) in [5.41, 5.74) is 2.38. The first kappa shape index (κ1) is 25.6. The lowest BCUT2D eigenvalue weighted by molar-refractivity contribution is -0.104. The maximum Gasteiger partial charge on any atom is 0.226 e. The van der Waals surface area contributed by atoms with E-state index in [0.29, 0.717) is 17.9 Å². The summed E-state index contributed by atoms with van der Waals surface area (Å²) in [5.74, 6) is -0.483. The van der Waals surface area contributed by atoms with Crippen molar-refractivity contribution in [2.75, 3.05) is 70.2 Å². The topological polar surface area (TPSA) is 73.9 Å². The monoisotopic (exact) mass is 502 g/mol. The van der Waals surface area contributed by atoms with Crippen LogP contribution in [-0.4, -0.2) is 87.4 Å². The molecule has 3 aromatic rings. The molecule has 0 aliphatic carbocycles. The lowest BCUT2D eigenvalue weighted by Gasteiger charge is -2.26. The van der Waals surface area contributed by atoms with Crippen LogP contribution in [0.15, 0.2) is 42.5 Å². The van der Waals surface area contributed by atoms with Gasteiger partial charge in [-0.05, 0) is 74.8 Å². The quantitative estimate of drug-likeness (QED) is 0.132. The minimum atomic E-state index is -0.483. The molecule has 196 valence electrons. The van der Waals surface area contributed by atoms with Crippen molar-refractivity contribution in [3.63, 3.8) is 0 Å². The number of nitrogens with zero attached hydrogens (tertiary/aromatic N) is 2. The van der Waals surface area contributed by atoms with Gasteiger partial charge in [0.05, 0.1) is 13.2 Å². The van der Waals surface area contributed by atoms with Crippen LogP contribution in [0.2, 0.25) is 0 Å². The van der Waals surface area contributed by atoms with Crippen LogP contribution in [0, 0.1) is 0 Å². The second-order valence-corrected chi connectivity index (χ2v) is 10.3. The van der Waals surface area contributed by atoms with E-state index in [9.17, 15) is 9.59 Å². The van der Waals surface area contributed by atoms with Gasteiger partial charge in [0.25, 0.3) is 0 Å². The third-order valence-electron chi connectivity index (χ3n) is 7.91. The molecule has 0 spiro atoms. The van der Waals surface area contributed by atoms with Gasteiger partial charge in [0.1, 0.15) is 0 Å². The van der Waals surface area contributed by atoms with Crippen molar-refractivity contribution < 1.29 is 14.3 Å². The fourth-order valence-electron chi connectivity index (χ4n) is 5.86.